The van der Waals surface area contributed by atoms with Crippen molar-refractivity contribution in [2.24, 2.45) is 0 Å². The van der Waals surface area contributed by atoms with E-state index in [1.807, 2.05) is 48.5 Å². The van der Waals surface area contributed by atoms with Crippen LogP contribution in [0.2, 0.25) is 0 Å². The van der Waals surface area contributed by atoms with Crippen molar-refractivity contribution in [3.8, 4) is 0 Å². The summed E-state index contributed by atoms with van der Waals surface area (Å²) in [7, 11) is 0. The SMILES string of the molecule is O=C(C[n+]1ccc2ccccc2c1C(=O)CBr)c1ccccc1. The van der Waals surface area contributed by atoms with E-state index < -0.39 is 0 Å². The predicted octanol–water partition coefficient (Wildman–Crippen LogP) is 3.59. The van der Waals surface area contributed by atoms with Gasteiger partial charge in [0.05, 0.1) is 10.7 Å². The number of aromatic nitrogens is 1. The number of halogens is 1. The maximum absolute atomic E-state index is 12.5. The Morgan fingerprint density at radius 1 is 0.870 bits per heavy atom. The second-order valence-electron chi connectivity index (χ2n) is 5.23. The van der Waals surface area contributed by atoms with Crippen molar-refractivity contribution in [3.63, 3.8) is 0 Å². The van der Waals surface area contributed by atoms with Crippen molar-refractivity contribution < 1.29 is 14.2 Å². The Morgan fingerprint density at radius 3 is 2.30 bits per heavy atom. The van der Waals surface area contributed by atoms with Crippen LogP contribution < -0.4 is 4.57 Å². The number of hydrogen-bond acceptors (Lipinski definition) is 2. The number of benzene rings is 2. The zero-order valence-electron chi connectivity index (χ0n) is 12.4. The van der Waals surface area contributed by atoms with Crippen LogP contribution in [0.3, 0.4) is 0 Å². The molecular formula is C19H15BrNO2+. The van der Waals surface area contributed by atoms with E-state index >= 15 is 0 Å². The van der Waals surface area contributed by atoms with Gasteiger partial charge >= 0.3 is 0 Å². The Hall–Kier alpha value is -2.33. The van der Waals surface area contributed by atoms with Gasteiger partial charge in [-0.1, -0.05) is 64.5 Å². The van der Waals surface area contributed by atoms with Gasteiger partial charge in [-0.15, -0.1) is 0 Å². The number of nitrogens with zero attached hydrogens (tertiary/aromatic N) is 1. The van der Waals surface area contributed by atoms with Gasteiger partial charge in [0, 0.05) is 11.6 Å². The minimum Gasteiger partial charge on any atom is -0.287 e. The minimum atomic E-state index is -0.0392. The van der Waals surface area contributed by atoms with E-state index in [1.165, 1.54) is 0 Å². The minimum absolute atomic E-state index is 0.0190. The molecule has 0 unspecified atom stereocenters. The second-order valence-corrected chi connectivity index (χ2v) is 5.79. The van der Waals surface area contributed by atoms with E-state index in [0.29, 0.717) is 11.3 Å². The zero-order valence-corrected chi connectivity index (χ0v) is 14.0. The van der Waals surface area contributed by atoms with E-state index in [9.17, 15) is 9.59 Å². The number of ketones is 2. The molecule has 114 valence electrons. The number of carbonyl (C=O) groups is 2. The first kappa shape index (κ1) is 15.6. The molecule has 0 spiro atoms. The Morgan fingerprint density at radius 2 is 1.57 bits per heavy atom. The molecule has 0 saturated heterocycles. The predicted molar refractivity (Wildman–Crippen MR) is 93.0 cm³/mol. The molecule has 0 aliphatic heterocycles. The fourth-order valence-corrected chi connectivity index (χ4v) is 2.90. The lowest BCUT2D eigenvalue weighted by Crippen LogP contribution is -2.44. The summed E-state index contributed by atoms with van der Waals surface area (Å²) < 4.78 is 1.74. The Labute approximate surface area is 142 Å². The van der Waals surface area contributed by atoms with Crippen LogP contribution in [0.1, 0.15) is 20.8 Å². The van der Waals surface area contributed by atoms with Crippen molar-refractivity contribution in [2.45, 2.75) is 6.54 Å². The fourth-order valence-electron chi connectivity index (χ4n) is 2.63. The molecule has 0 fully saturated rings. The zero-order chi connectivity index (χ0) is 16.2. The number of Topliss-reactive ketones (excluding diaryl/α,β-unsaturated/α-hetero) is 2. The number of alkyl halides is 1. The van der Waals surface area contributed by atoms with Crippen LogP contribution in [-0.4, -0.2) is 16.9 Å². The van der Waals surface area contributed by atoms with Gasteiger partial charge in [-0.25, -0.2) is 0 Å². The summed E-state index contributed by atoms with van der Waals surface area (Å²) in [5.41, 5.74) is 1.20. The maximum atomic E-state index is 12.5. The highest BCUT2D eigenvalue weighted by atomic mass is 79.9. The Kier molecular flexibility index (Phi) is 4.63. The summed E-state index contributed by atoms with van der Waals surface area (Å²) in [5.74, 6) is -0.0582. The monoisotopic (exact) mass is 368 g/mol. The van der Waals surface area contributed by atoms with Crippen LogP contribution in [0.5, 0.6) is 0 Å². The summed E-state index contributed by atoms with van der Waals surface area (Å²) in [6.45, 7) is 0.142. The normalized spacial score (nSPS) is 10.7. The smallest absolute Gasteiger partial charge is 0.257 e. The molecule has 2 aromatic carbocycles. The number of rotatable bonds is 5. The molecule has 1 heterocycles. The molecular weight excluding hydrogens is 354 g/mol. The summed E-state index contributed by atoms with van der Waals surface area (Å²) >= 11 is 3.23. The molecule has 0 radical (unpaired) electrons. The lowest BCUT2D eigenvalue weighted by Gasteiger charge is -2.06. The summed E-state index contributed by atoms with van der Waals surface area (Å²) in [4.78, 5) is 24.9. The first-order valence-corrected chi connectivity index (χ1v) is 8.41. The van der Waals surface area contributed by atoms with Gasteiger partial charge in [-0.3, -0.25) is 9.59 Å². The molecule has 1 aromatic heterocycles. The molecule has 0 aliphatic rings. The van der Waals surface area contributed by atoms with Gasteiger partial charge in [-0.2, -0.15) is 4.57 Å². The third kappa shape index (κ3) is 3.22. The number of carbonyl (C=O) groups excluding carboxylic acids is 2. The van der Waals surface area contributed by atoms with Crippen molar-refractivity contribution >= 4 is 38.3 Å². The number of pyridine rings is 1. The number of fused-ring (bicyclic) bond motifs is 1. The van der Waals surface area contributed by atoms with Crippen molar-refractivity contribution in [2.75, 3.05) is 5.33 Å². The van der Waals surface area contributed by atoms with Crippen LogP contribution in [0.25, 0.3) is 10.8 Å². The van der Waals surface area contributed by atoms with Crippen LogP contribution in [0.4, 0.5) is 0 Å². The lowest BCUT2D eigenvalue weighted by molar-refractivity contribution is -0.683. The Balaban J connectivity index is 2.07. The maximum Gasteiger partial charge on any atom is 0.257 e. The topological polar surface area (TPSA) is 38.0 Å². The largest absolute Gasteiger partial charge is 0.287 e. The van der Waals surface area contributed by atoms with Crippen LogP contribution >= 0.6 is 15.9 Å². The van der Waals surface area contributed by atoms with Gasteiger partial charge in [0.2, 0.25) is 18.1 Å². The molecule has 0 amide bonds. The van der Waals surface area contributed by atoms with Gasteiger partial charge < -0.3 is 0 Å². The van der Waals surface area contributed by atoms with Crippen molar-refractivity contribution in [3.05, 3.63) is 78.1 Å². The molecule has 3 rings (SSSR count). The molecule has 0 N–H and O–H groups in total. The van der Waals surface area contributed by atoms with Gasteiger partial charge in [0.25, 0.3) is 5.69 Å². The van der Waals surface area contributed by atoms with E-state index in [0.717, 1.165) is 10.8 Å². The second kappa shape index (κ2) is 6.84. The molecule has 4 heteroatoms. The van der Waals surface area contributed by atoms with Gasteiger partial charge in [0.15, 0.2) is 6.20 Å². The Bertz CT molecular complexity index is 875. The van der Waals surface area contributed by atoms with Crippen molar-refractivity contribution in [1.29, 1.82) is 0 Å². The molecule has 0 bridgehead atoms. The molecule has 0 aliphatic carbocycles. The fraction of sp³-hybridized carbons (Fsp3) is 0.105. The average Bonchev–Trinajstić information content (AvgIpc) is 2.61. The van der Waals surface area contributed by atoms with Crippen molar-refractivity contribution in [1.82, 2.24) is 0 Å². The van der Waals surface area contributed by atoms with Gasteiger partial charge in [-0.05, 0) is 11.5 Å². The van der Waals surface area contributed by atoms with E-state index in [2.05, 4.69) is 15.9 Å². The lowest BCUT2D eigenvalue weighted by atomic mass is 10.1. The van der Waals surface area contributed by atoms with E-state index in [4.69, 9.17) is 0 Å². The molecule has 23 heavy (non-hydrogen) atoms. The molecule has 3 aromatic rings. The summed E-state index contributed by atoms with van der Waals surface area (Å²) in [6, 6.07) is 18.8. The highest BCUT2D eigenvalue weighted by molar-refractivity contribution is 9.09. The molecule has 3 nitrogen and oxygen atoms in total. The van der Waals surface area contributed by atoms with E-state index in [-0.39, 0.29) is 23.4 Å². The van der Waals surface area contributed by atoms with Crippen LogP contribution in [0, 0.1) is 0 Å². The molecule has 0 saturated carbocycles. The highest BCUT2D eigenvalue weighted by Gasteiger charge is 2.24. The summed E-state index contributed by atoms with van der Waals surface area (Å²) in [5, 5.41) is 2.07. The first-order valence-electron chi connectivity index (χ1n) is 7.29. The standard InChI is InChI=1S/C19H15BrNO2/c20-12-17(22)19-16-9-5-4-6-14(16)10-11-21(19)13-18(23)15-7-2-1-3-8-15/h1-11H,12-13H2/q+1. The number of hydrogen-bond donors (Lipinski definition) is 0. The first-order chi connectivity index (χ1) is 11.2. The quantitative estimate of drug-likeness (QED) is 0.392. The highest BCUT2D eigenvalue weighted by Crippen LogP contribution is 2.16. The van der Waals surface area contributed by atoms with E-state index in [1.54, 1.807) is 22.9 Å². The van der Waals surface area contributed by atoms with Crippen LogP contribution in [-0.2, 0) is 6.54 Å². The third-order valence-electron chi connectivity index (χ3n) is 3.73. The van der Waals surface area contributed by atoms with Gasteiger partial charge in [0.1, 0.15) is 0 Å². The van der Waals surface area contributed by atoms with Crippen LogP contribution in [0.15, 0.2) is 66.9 Å². The molecule has 0 atom stereocenters. The summed E-state index contributed by atoms with van der Waals surface area (Å²) in [6.07, 6.45) is 1.80. The third-order valence-corrected chi connectivity index (χ3v) is 4.24. The average molecular weight is 369 g/mol.